The van der Waals surface area contributed by atoms with Crippen LogP contribution in [0, 0.1) is 18.3 Å². The summed E-state index contributed by atoms with van der Waals surface area (Å²) in [4.78, 5) is 45.9. The molecule has 4 rings (SSSR count). The van der Waals surface area contributed by atoms with Gasteiger partial charge < -0.3 is 9.88 Å². The quantitative estimate of drug-likeness (QED) is 0.838. The summed E-state index contributed by atoms with van der Waals surface area (Å²) in [5.74, 6) is 1.03. The molecule has 3 fully saturated rings. The average molecular weight is 360 g/mol. The number of carbonyl (C=O) groups excluding carboxylic acids is 1. The second kappa shape index (κ2) is 6.68. The minimum Gasteiger partial charge on any atom is -0.342 e. The van der Waals surface area contributed by atoms with E-state index < -0.39 is 5.69 Å². The lowest BCUT2D eigenvalue weighted by molar-refractivity contribution is -0.146. The van der Waals surface area contributed by atoms with Gasteiger partial charge in [-0.05, 0) is 51.5 Å². The molecule has 0 unspecified atom stereocenters. The van der Waals surface area contributed by atoms with Crippen molar-refractivity contribution in [2.45, 2.75) is 52.0 Å². The number of likely N-dealkylation sites (tertiary alicyclic amines) is 2. The van der Waals surface area contributed by atoms with Gasteiger partial charge in [-0.2, -0.15) is 0 Å². The lowest BCUT2D eigenvalue weighted by Gasteiger charge is -2.42. The van der Waals surface area contributed by atoms with E-state index in [9.17, 15) is 14.4 Å². The number of aromatic nitrogens is 2. The van der Waals surface area contributed by atoms with Crippen LogP contribution < -0.4 is 11.2 Å². The maximum Gasteiger partial charge on any atom is 0.325 e. The number of H-pyrrole nitrogens is 2. The standard InChI is InChI=1S/C19H28N4O3/c1-13-15(16(24)21-18(26)20-13)11-22-9-7-19(12-22)6-3-8-23(17(19)25)10-14-4-2-5-14/h14H,2-12H2,1H3,(H2,20,21,24,26)/t19-/m0/s1. The molecule has 7 heteroatoms. The highest BCUT2D eigenvalue weighted by Crippen LogP contribution is 2.41. The number of rotatable bonds is 4. The van der Waals surface area contributed by atoms with E-state index in [0.717, 1.165) is 38.9 Å². The molecule has 1 saturated carbocycles. The number of carbonyl (C=O) groups is 1. The monoisotopic (exact) mass is 360 g/mol. The lowest BCUT2D eigenvalue weighted by atomic mass is 9.77. The lowest BCUT2D eigenvalue weighted by Crippen LogP contribution is -2.51. The number of nitrogens with zero attached hydrogens (tertiary/aromatic N) is 2. The van der Waals surface area contributed by atoms with Gasteiger partial charge in [-0.25, -0.2) is 4.79 Å². The summed E-state index contributed by atoms with van der Waals surface area (Å²) in [6.07, 6.45) is 6.72. The predicted octanol–water partition coefficient (Wildman–Crippen LogP) is 0.986. The highest BCUT2D eigenvalue weighted by Gasteiger charge is 2.48. The molecule has 1 amide bonds. The van der Waals surface area contributed by atoms with E-state index >= 15 is 0 Å². The summed E-state index contributed by atoms with van der Waals surface area (Å²) in [6.45, 7) is 5.60. The van der Waals surface area contributed by atoms with Crippen molar-refractivity contribution in [2.24, 2.45) is 11.3 Å². The van der Waals surface area contributed by atoms with Gasteiger partial charge in [-0.1, -0.05) is 6.42 Å². The summed E-state index contributed by atoms with van der Waals surface area (Å²) in [5.41, 5.74) is 0.139. The molecule has 2 N–H and O–H groups in total. The average Bonchev–Trinajstić information content (AvgIpc) is 2.95. The Kier molecular flexibility index (Phi) is 4.50. The van der Waals surface area contributed by atoms with Crippen LogP contribution in [0.4, 0.5) is 0 Å². The van der Waals surface area contributed by atoms with Crippen LogP contribution >= 0.6 is 0 Å². The van der Waals surface area contributed by atoms with Crippen molar-refractivity contribution < 1.29 is 4.79 Å². The van der Waals surface area contributed by atoms with Gasteiger partial charge >= 0.3 is 5.69 Å². The minimum atomic E-state index is -0.469. The SMILES string of the molecule is Cc1[nH]c(=O)[nH]c(=O)c1CN1CC[C@@]2(CCCN(CC3CCC3)C2=O)C1. The topological polar surface area (TPSA) is 89.3 Å². The predicted molar refractivity (Wildman–Crippen MR) is 97.9 cm³/mol. The van der Waals surface area contributed by atoms with Gasteiger partial charge in [0.1, 0.15) is 0 Å². The van der Waals surface area contributed by atoms with Crippen molar-refractivity contribution in [2.75, 3.05) is 26.2 Å². The molecule has 0 bridgehead atoms. The van der Waals surface area contributed by atoms with E-state index in [0.29, 0.717) is 36.2 Å². The number of amides is 1. The first-order chi connectivity index (χ1) is 12.5. The van der Waals surface area contributed by atoms with Gasteiger partial charge in [0.05, 0.1) is 11.0 Å². The Morgan fingerprint density at radius 3 is 2.58 bits per heavy atom. The first-order valence-electron chi connectivity index (χ1n) is 9.81. The Morgan fingerprint density at radius 2 is 1.88 bits per heavy atom. The molecule has 0 radical (unpaired) electrons. The summed E-state index contributed by atoms with van der Waals surface area (Å²) < 4.78 is 0. The third-order valence-electron chi connectivity index (χ3n) is 6.60. The van der Waals surface area contributed by atoms with Crippen molar-refractivity contribution >= 4 is 5.91 Å². The summed E-state index contributed by atoms with van der Waals surface area (Å²) in [5, 5.41) is 0. The van der Waals surface area contributed by atoms with Gasteiger partial charge in [-0.15, -0.1) is 0 Å². The van der Waals surface area contributed by atoms with Crippen LogP contribution in [0.1, 0.15) is 49.8 Å². The molecular weight excluding hydrogens is 332 g/mol. The van der Waals surface area contributed by atoms with Crippen molar-refractivity contribution in [1.29, 1.82) is 0 Å². The first kappa shape index (κ1) is 17.5. The minimum absolute atomic E-state index is 0.273. The summed E-state index contributed by atoms with van der Waals surface area (Å²) >= 11 is 0. The highest BCUT2D eigenvalue weighted by atomic mass is 16.2. The van der Waals surface area contributed by atoms with Crippen LogP contribution in [-0.4, -0.2) is 51.9 Å². The fourth-order valence-corrected chi connectivity index (χ4v) is 4.83. The van der Waals surface area contributed by atoms with Crippen LogP contribution in [-0.2, 0) is 11.3 Å². The molecule has 142 valence electrons. The zero-order valence-corrected chi connectivity index (χ0v) is 15.5. The molecule has 7 nitrogen and oxygen atoms in total. The third-order valence-corrected chi connectivity index (χ3v) is 6.60. The number of aromatic amines is 2. The molecule has 1 aliphatic carbocycles. The van der Waals surface area contributed by atoms with Gasteiger partial charge in [0.25, 0.3) is 5.56 Å². The largest absolute Gasteiger partial charge is 0.342 e. The molecule has 2 saturated heterocycles. The van der Waals surface area contributed by atoms with Crippen LogP contribution in [0.15, 0.2) is 9.59 Å². The van der Waals surface area contributed by atoms with E-state index in [2.05, 4.69) is 19.8 Å². The van der Waals surface area contributed by atoms with Gasteiger partial charge in [-0.3, -0.25) is 19.5 Å². The molecule has 1 atom stereocenters. The molecule has 3 aliphatic rings. The number of aryl methyl sites for hydroxylation is 1. The molecule has 1 aromatic heterocycles. The van der Waals surface area contributed by atoms with Gasteiger partial charge in [0.15, 0.2) is 0 Å². The van der Waals surface area contributed by atoms with Crippen molar-refractivity contribution in [3.05, 3.63) is 32.1 Å². The van der Waals surface area contributed by atoms with Gasteiger partial charge in [0.2, 0.25) is 5.91 Å². The number of nitrogens with one attached hydrogen (secondary N) is 2. The molecule has 0 aromatic carbocycles. The Balaban J connectivity index is 1.46. The maximum atomic E-state index is 13.2. The Labute approximate surface area is 152 Å². The number of piperidine rings is 1. The third kappa shape index (κ3) is 3.13. The number of hydrogen-bond acceptors (Lipinski definition) is 4. The molecule has 3 heterocycles. The maximum absolute atomic E-state index is 13.2. The molecule has 26 heavy (non-hydrogen) atoms. The fraction of sp³-hybridized carbons (Fsp3) is 0.737. The summed E-state index contributed by atoms with van der Waals surface area (Å²) in [7, 11) is 0. The van der Waals surface area contributed by atoms with Crippen LogP contribution in [0.5, 0.6) is 0 Å². The zero-order chi connectivity index (χ0) is 18.3. The van der Waals surface area contributed by atoms with Crippen molar-refractivity contribution in [3.8, 4) is 0 Å². The highest BCUT2D eigenvalue weighted by molar-refractivity contribution is 5.84. The van der Waals surface area contributed by atoms with Crippen LogP contribution in [0.3, 0.4) is 0 Å². The van der Waals surface area contributed by atoms with Crippen molar-refractivity contribution in [1.82, 2.24) is 19.8 Å². The second-order valence-electron chi connectivity index (χ2n) is 8.40. The number of hydrogen-bond donors (Lipinski definition) is 2. The van der Waals surface area contributed by atoms with E-state index in [1.54, 1.807) is 6.92 Å². The molecule has 2 aliphatic heterocycles. The van der Waals surface area contributed by atoms with E-state index in [1.165, 1.54) is 19.3 Å². The first-order valence-corrected chi connectivity index (χ1v) is 9.81. The molecule has 1 aromatic rings. The zero-order valence-electron chi connectivity index (χ0n) is 15.5. The normalized spacial score (nSPS) is 27.3. The second-order valence-corrected chi connectivity index (χ2v) is 8.40. The Bertz CT molecular complexity index is 810. The fourth-order valence-electron chi connectivity index (χ4n) is 4.83. The molecular formula is C19H28N4O3. The smallest absolute Gasteiger partial charge is 0.325 e. The van der Waals surface area contributed by atoms with Gasteiger partial charge in [0, 0.05) is 31.9 Å². The molecule has 1 spiro atoms. The van der Waals surface area contributed by atoms with Crippen LogP contribution in [0.2, 0.25) is 0 Å². The Hall–Kier alpha value is -1.89. The summed E-state index contributed by atoms with van der Waals surface area (Å²) in [6, 6.07) is 0. The van der Waals surface area contributed by atoms with Crippen LogP contribution in [0.25, 0.3) is 0 Å². The van der Waals surface area contributed by atoms with E-state index in [1.807, 2.05) is 0 Å². The van der Waals surface area contributed by atoms with Crippen molar-refractivity contribution in [3.63, 3.8) is 0 Å². The van der Waals surface area contributed by atoms with E-state index in [4.69, 9.17) is 0 Å². The Morgan fingerprint density at radius 1 is 1.08 bits per heavy atom. The van der Waals surface area contributed by atoms with E-state index in [-0.39, 0.29) is 11.0 Å².